The minimum Gasteiger partial charge on any atom is -0.504 e. The van der Waals surface area contributed by atoms with Crippen LogP contribution in [0.4, 0.5) is 11.4 Å². The lowest BCUT2D eigenvalue weighted by molar-refractivity contribution is 0.373. The number of hydrogen-bond acceptors (Lipinski definition) is 4. The summed E-state index contributed by atoms with van der Waals surface area (Å²) in [6.07, 6.45) is 1.85. The van der Waals surface area contributed by atoms with Gasteiger partial charge in [-0.2, -0.15) is 0 Å². The third-order valence-electron chi connectivity index (χ3n) is 3.64. The lowest BCUT2D eigenvalue weighted by Gasteiger charge is -2.13. The van der Waals surface area contributed by atoms with Gasteiger partial charge in [0.15, 0.2) is 11.5 Å². The van der Waals surface area contributed by atoms with Gasteiger partial charge in [0.05, 0.1) is 13.8 Å². The number of fused-ring (bicyclic) bond motifs is 2. The van der Waals surface area contributed by atoms with Crippen molar-refractivity contribution in [1.29, 1.82) is 0 Å². The first-order valence-corrected chi connectivity index (χ1v) is 6.73. The molecule has 104 valence electrons. The van der Waals surface area contributed by atoms with Crippen molar-refractivity contribution in [2.75, 3.05) is 24.4 Å². The van der Waals surface area contributed by atoms with E-state index in [-0.39, 0.29) is 5.75 Å². The molecule has 0 atom stereocenters. The first-order chi connectivity index (χ1) is 9.78. The van der Waals surface area contributed by atoms with E-state index in [2.05, 4.69) is 28.8 Å². The molecule has 1 heterocycles. The van der Waals surface area contributed by atoms with Crippen molar-refractivity contribution >= 4 is 11.4 Å². The summed E-state index contributed by atoms with van der Waals surface area (Å²) in [4.78, 5) is 0. The fourth-order valence-electron chi connectivity index (χ4n) is 2.56. The molecule has 0 unspecified atom stereocenters. The second-order valence-electron chi connectivity index (χ2n) is 4.87. The van der Waals surface area contributed by atoms with Gasteiger partial charge in [-0.05, 0) is 36.1 Å². The summed E-state index contributed by atoms with van der Waals surface area (Å²) < 4.78 is 5.19. The van der Waals surface area contributed by atoms with Crippen molar-refractivity contribution in [3.63, 3.8) is 0 Å². The number of ether oxygens (including phenoxy) is 1. The van der Waals surface area contributed by atoms with Crippen LogP contribution in [0.5, 0.6) is 11.5 Å². The molecule has 2 aromatic carbocycles. The number of anilines is 2. The Hall–Kier alpha value is -2.36. The highest BCUT2D eigenvalue weighted by Gasteiger charge is 2.12. The first kappa shape index (κ1) is 12.7. The number of nitrogens with one attached hydrogen (secondary N) is 2. The summed E-state index contributed by atoms with van der Waals surface area (Å²) in [5, 5.41) is 16.6. The summed E-state index contributed by atoms with van der Waals surface area (Å²) in [5.74, 6) is 0.682. The molecule has 0 spiro atoms. The molecule has 4 heteroatoms. The minimum atomic E-state index is 0.163. The number of para-hydroxylation sites is 1. The third kappa shape index (κ3) is 2.37. The Morgan fingerprint density at radius 2 is 1.75 bits per heavy atom. The largest absolute Gasteiger partial charge is 0.504 e. The molecule has 0 bridgehead atoms. The number of hydrogen-bond donors (Lipinski definition) is 3. The molecule has 1 aliphatic heterocycles. The average molecular weight is 270 g/mol. The molecular weight excluding hydrogens is 252 g/mol. The van der Waals surface area contributed by atoms with Gasteiger partial charge in [-0.15, -0.1) is 0 Å². The Morgan fingerprint density at radius 1 is 1.00 bits per heavy atom. The summed E-state index contributed by atoms with van der Waals surface area (Å²) in [6.45, 7) is 0.621. The molecule has 0 amide bonds. The van der Waals surface area contributed by atoms with Crippen LogP contribution in [0.15, 0.2) is 36.4 Å². The molecule has 0 radical (unpaired) electrons. The SMILES string of the molecule is COc1cc2c(cc1O)NCNc1ccccc1CC2. The number of phenolic OH excluding ortho intramolecular Hbond substituents is 1. The standard InChI is InChI=1S/C16H18N2O2/c1-20-16-8-12-7-6-11-4-2-3-5-13(11)17-10-18-14(12)9-15(16)19/h2-5,8-9,17-19H,6-7,10H2,1H3. The molecule has 0 aromatic heterocycles. The smallest absolute Gasteiger partial charge is 0.160 e. The van der Waals surface area contributed by atoms with Gasteiger partial charge in [0.1, 0.15) is 0 Å². The van der Waals surface area contributed by atoms with Crippen LogP contribution in [0.3, 0.4) is 0 Å². The van der Waals surface area contributed by atoms with Crippen LogP contribution in [0.25, 0.3) is 0 Å². The molecule has 0 fully saturated rings. The first-order valence-electron chi connectivity index (χ1n) is 6.73. The molecule has 0 saturated heterocycles. The van der Waals surface area contributed by atoms with Gasteiger partial charge in [-0.3, -0.25) is 0 Å². The number of benzene rings is 2. The van der Waals surface area contributed by atoms with Gasteiger partial charge in [0.25, 0.3) is 0 Å². The van der Waals surface area contributed by atoms with Gasteiger partial charge in [0, 0.05) is 17.4 Å². The number of aromatic hydroxyl groups is 1. The molecule has 1 aliphatic rings. The minimum absolute atomic E-state index is 0.163. The third-order valence-corrected chi connectivity index (χ3v) is 3.64. The van der Waals surface area contributed by atoms with Crippen LogP contribution < -0.4 is 15.4 Å². The topological polar surface area (TPSA) is 53.5 Å². The van der Waals surface area contributed by atoms with Crippen LogP contribution in [0, 0.1) is 0 Å². The van der Waals surface area contributed by atoms with E-state index in [0.29, 0.717) is 12.4 Å². The highest BCUT2D eigenvalue weighted by Crippen LogP contribution is 2.34. The molecule has 3 rings (SSSR count). The van der Waals surface area contributed by atoms with E-state index in [1.807, 2.05) is 12.1 Å². The van der Waals surface area contributed by atoms with E-state index in [4.69, 9.17) is 4.74 Å². The van der Waals surface area contributed by atoms with Crippen molar-refractivity contribution in [3.8, 4) is 11.5 Å². The summed E-state index contributed by atoms with van der Waals surface area (Å²) in [5.41, 5.74) is 4.56. The summed E-state index contributed by atoms with van der Waals surface area (Å²) in [7, 11) is 1.57. The summed E-state index contributed by atoms with van der Waals surface area (Å²) in [6, 6.07) is 12.0. The fourth-order valence-corrected chi connectivity index (χ4v) is 2.56. The van der Waals surface area contributed by atoms with E-state index in [9.17, 15) is 5.11 Å². The van der Waals surface area contributed by atoms with Gasteiger partial charge in [-0.25, -0.2) is 0 Å². The van der Waals surface area contributed by atoms with Gasteiger partial charge in [-0.1, -0.05) is 18.2 Å². The van der Waals surface area contributed by atoms with E-state index in [1.165, 1.54) is 5.56 Å². The second kappa shape index (κ2) is 5.33. The highest BCUT2D eigenvalue weighted by molar-refractivity contribution is 5.62. The zero-order chi connectivity index (χ0) is 13.9. The number of rotatable bonds is 1. The van der Waals surface area contributed by atoms with Gasteiger partial charge in [0.2, 0.25) is 0 Å². The second-order valence-corrected chi connectivity index (χ2v) is 4.87. The predicted octanol–water partition coefficient (Wildman–Crippen LogP) is 2.98. The summed E-state index contributed by atoms with van der Waals surface area (Å²) >= 11 is 0. The van der Waals surface area contributed by atoms with E-state index in [0.717, 1.165) is 29.8 Å². The lowest BCUT2D eigenvalue weighted by Crippen LogP contribution is -2.12. The lowest BCUT2D eigenvalue weighted by atomic mass is 10.0. The van der Waals surface area contributed by atoms with Crippen LogP contribution in [0.2, 0.25) is 0 Å². The molecule has 4 nitrogen and oxygen atoms in total. The number of aryl methyl sites for hydroxylation is 2. The number of phenols is 1. The zero-order valence-electron chi connectivity index (χ0n) is 11.4. The molecule has 0 aliphatic carbocycles. The molecule has 0 saturated carbocycles. The van der Waals surface area contributed by atoms with E-state index < -0.39 is 0 Å². The van der Waals surface area contributed by atoms with E-state index in [1.54, 1.807) is 13.2 Å². The maximum atomic E-state index is 9.89. The van der Waals surface area contributed by atoms with Crippen molar-refractivity contribution in [2.45, 2.75) is 12.8 Å². The van der Waals surface area contributed by atoms with Crippen molar-refractivity contribution in [2.24, 2.45) is 0 Å². The normalized spacial score (nSPS) is 13.7. The van der Waals surface area contributed by atoms with Crippen molar-refractivity contribution < 1.29 is 9.84 Å². The molecule has 20 heavy (non-hydrogen) atoms. The Kier molecular flexibility index (Phi) is 3.37. The Balaban J connectivity index is 1.96. The van der Waals surface area contributed by atoms with Crippen LogP contribution in [0.1, 0.15) is 11.1 Å². The Labute approximate surface area is 118 Å². The maximum absolute atomic E-state index is 9.89. The average Bonchev–Trinajstić information content (AvgIpc) is 2.55. The monoisotopic (exact) mass is 270 g/mol. The van der Waals surface area contributed by atoms with Gasteiger partial charge >= 0.3 is 0 Å². The quantitative estimate of drug-likeness (QED) is 0.745. The van der Waals surface area contributed by atoms with Crippen molar-refractivity contribution in [1.82, 2.24) is 0 Å². The molecule has 2 aromatic rings. The van der Waals surface area contributed by atoms with Crippen LogP contribution in [-0.2, 0) is 12.8 Å². The van der Waals surface area contributed by atoms with Crippen molar-refractivity contribution in [3.05, 3.63) is 47.5 Å². The fraction of sp³-hybridized carbons (Fsp3) is 0.250. The number of methoxy groups -OCH3 is 1. The highest BCUT2D eigenvalue weighted by atomic mass is 16.5. The maximum Gasteiger partial charge on any atom is 0.160 e. The Morgan fingerprint density at radius 3 is 2.60 bits per heavy atom. The van der Waals surface area contributed by atoms with Gasteiger partial charge < -0.3 is 20.5 Å². The molecular formula is C16H18N2O2. The molecule has 3 N–H and O–H groups in total. The zero-order valence-corrected chi connectivity index (χ0v) is 11.4. The van der Waals surface area contributed by atoms with E-state index >= 15 is 0 Å². The Bertz CT molecular complexity index is 626. The van der Waals surface area contributed by atoms with Crippen LogP contribution in [-0.4, -0.2) is 18.9 Å². The van der Waals surface area contributed by atoms with Crippen LogP contribution >= 0.6 is 0 Å². The predicted molar refractivity (Wildman–Crippen MR) is 80.6 cm³/mol.